The predicted molar refractivity (Wildman–Crippen MR) is 94.9 cm³/mol. The summed E-state index contributed by atoms with van der Waals surface area (Å²) in [5.41, 5.74) is 0.701. The Kier molecular flexibility index (Phi) is 5.28. The number of ether oxygens (including phenoxy) is 1. The summed E-state index contributed by atoms with van der Waals surface area (Å²) in [5.74, 6) is 0.414. The number of rotatable bonds is 7. The smallest absolute Gasteiger partial charge is 0.339 e. The van der Waals surface area contributed by atoms with Gasteiger partial charge in [-0.2, -0.15) is 13.5 Å². The van der Waals surface area contributed by atoms with E-state index in [2.05, 4.69) is 15.3 Å². The Morgan fingerprint density at radius 3 is 2.50 bits per heavy atom. The van der Waals surface area contributed by atoms with Gasteiger partial charge in [0.05, 0.1) is 12.8 Å². The number of hydrogen-bond acceptors (Lipinski definition) is 7. The van der Waals surface area contributed by atoms with E-state index in [1.54, 1.807) is 43.5 Å². The van der Waals surface area contributed by atoms with E-state index in [4.69, 9.17) is 8.92 Å². The Bertz CT molecular complexity index is 987. The monoisotopic (exact) mass is 372 g/mol. The summed E-state index contributed by atoms with van der Waals surface area (Å²) in [7, 11) is -3.95. The molecule has 0 aliphatic rings. The van der Waals surface area contributed by atoms with Gasteiger partial charge in [-0.1, -0.05) is 18.2 Å². The third-order valence-electron chi connectivity index (χ3n) is 3.25. The maximum absolute atomic E-state index is 12.4. The number of hydrogen-bond donors (Lipinski definition) is 0. The van der Waals surface area contributed by atoms with Gasteiger partial charge in [0.25, 0.3) is 0 Å². The summed E-state index contributed by atoms with van der Waals surface area (Å²) in [6.07, 6.45) is 4.47. The van der Waals surface area contributed by atoms with Crippen LogP contribution in [0.1, 0.15) is 12.5 Å². The Balaban J connectivity index is 1.87. The van der Waals surface area contributed by atoms with Crippen molar-refractivity contribution in [2.75, 3.05) is 6.61 Å². The van der Waals surface area contributed by atoms with E-state index in [1.165, 1.54) is 35.5 Å². The molecule has 0 saturated heterocycles. The van der Waals surface area contributed by atoms with E-state index in [0.717, 1.165) is 0 Å². The molecule has 1 heterocycles. The molecule has 1 aromatic heterocycles. The van der Waals surface area contributed by atoms with Gasteiger partial charge in [-0.05, 0) is 42.8 Å². The largest absolute Gasteiger partial charge is 0.490 e. The fraction of sp³-hybridized carbons (Fsp3) is 0.118. The molecule has 9 heteroatoms. The summed E-state index contributed by atoms with van der Waals surface area (Å²) in [6, 6.07) is 12.8. The summed E-state index contributed by atoms with van der Waals surface area (Å²) in [6.45, 7) is 2.15. The van der Waals surface area contributed by atoms with Crippen molar-refractivity contribution >= 4 is 16.3 Å². The quantitative estimate of drug-likeness (QED) is 0.466. The molecule has 26 heavy (non-hydrogen) atoms. The van der Waals surface area contributed by atoms with Crippen LogP contribution in [0, 0.1) is 0 Å². The first-order chi connectivity index (χ1) is 12.6. The molecule has 0 unspecified atom stereocenters. The molecule has 134 valence electrons. The van der Waals surface area contributed by atoms with Crippen molar-refractivity contribution in [1.29, 1.82) is 0 Å². The summed E-state index contributed by atoms with van der Waals surface area (Å²) < 4.78 is 37.0. The predicted octanol–water partition coefficient (Wildman–Crippen LogP) is 2.33. The zero-order chi connectivity index (χ0) is 18.4. The van der Waals surface area contributed by atoms with Crippen LogP contribution in [-0.4, -0.2) is 36.1 Å². The second kappa shape index (κ2) is 7.79. The summed E-state index contributed by atoms with van der Waals surface area (Å²) >= 11 is 0. The molecular formula is C17H16N4O4S. The Morgan fingerprint density at radius 1 is 1.08 bits per heavy atom. The maximum atomic E-state index is 12.4. The van der Waals surface area contributed by atoms with Gasteiger partial charge < -0.3 is 8.92 Å². The van der Waals surface area contributed by atoms with Crippen LogP contribution in [0.5, 0.6) is 11.5 Å². The van der Waals surface area contributed by atoms with Crippen LogP contribution in [0.25, 0.3) is 0 Å². The molecule has 0 radical (unpaired) electrons. The maximum Gasteiger partial charge on any atom is 0.339 e. The normalized spacial score (nSPS) is 11.6. The lowest BCUT2D eigenvalue weighted by molar-refractivity contribution is 0.327. The lowest BCUT2D eigenvalue weighted by Crippen LogP contribution is -2.10. The highest BCUT2D eigenvalue weighted by Gasteiger charge is 2.19. The minimum atomic E-state index is -3.95. The first kappa shape index (κ1) is 17.6. The second-order valence-electron chi connectivity index (χ2n) is 5.08. The molecule has 0 bridgehead atoms. The average molecular weight is 372 g/mol. The van der Waals surface area contributed by atoms with Gasteiger partial charge in [-0.25, -0.2) is 4.68 Å². The van der Waals surface area contributed by atoms with Crippen LogP contribution >= 0.6 is 0 Å². The zero-order valence-corrected chi connectivity index (χ0v) is 14.7. The molecule has 0 spiro atoms. The van der Waals surface area contributed by atoms with Crippen molar-refractivity contribution in [2.45, 2.75) is 11.8 Å². The molecular weight excluding hydrogens is 356 g/mol. The van der Waals surface area contributed by atoms with Crippen molar-refractivity contribution in [3.8, 4) is 11.5 Å². The van der Waals surface area contributed by atoms with Gasteiger partial charge in [-0.3, -0.25) is 0 Å². The molecule has 0 aliphatic carbocycles. The molecule has 0 saturated carbocycles. The molecule has 0 atom stereocenters. The van der Waals surface area contributed by atoms with E-state index in [1.807, 2.05) is 0 Å². The van der Waals surface area contributed by atoms with Gasteiger partial charge in [-0.15, -0.1) is 10.2 Å². The average Bonchev–Trinajstić information content (AvgIpc) is 3.16. The fourth-order valence-electron chi connectivity index (χ4n) is 2.08. The van der Waals surface area contributed by atoms with E-state index in [0.29, 0.717) is 17.9 Å². The van der Waals surface area contributed by atoms with Gasteiger partial charge in [0.15, 0.2) is 11.5 Å². The molecule has 0 amide bonds. The van der Waals surface area contributed by atoms with Crippen LogP contribution < -0.4 is 8.92 Å². The summed E-state index contributed by atoms with van der Waals surface area (Å²) in [4.78, 5) is 0.0701. The second-order valence-corrected chi connectivity index (χ2v) is 6.62. The molecule has 8 nitrogen and oxygen atoms in total. The van der Waals surface area contributed by atoms with Gasteiger partial charge in [0.1, 0.15) is 17.6 Å². The van der Waals surface area contributed by atoms with E-state index >= 15 is 0 Å². The van der Waals surface area contributed by atoms with Gasteiger partial charge in [0, 0.05) is 0 Å². The van der Waals surface area contributed by atoms with Gasteiger partial charge >= 0.3 is 10.1 Å². The molecule has 0 aliphatic heterocycles. The first-order valence-electron chi connectivity index (χ1n) is 7.74. The zero-order valence-electron chi connectivity index (χ0n) is 13.9. The van der Waals surface area contributed by atoms with Crippen molar-refractivity contribution in [3.05, 3.63) is 66.7 Å². The molecule has 0 fully saturated rings. The first-order valence-corrected chi connectivity index (χ1v) is 9.14. The van der Waals surface area contributed by atoms with Crippen LogP contribution in [0.3, 0.4) is 0 Å². The molecule has 3 rings (SSSR count). The van der Waals surface area contributed by atoms with Crippen LogP contribution in [0.4, 0.5) is 0 Å². The highest BCUT2D eigenvalue weighted by atomic mass is 32.2. The minimum absolute atomic E-state index is 0.0701. The molecule has 3 aromatic rings. The van der Waals surface area contributed by atoms with Crippen LogP contribution in [0.2, 0.25) is 0 Å². The lowest BCUT2D eigenvalue weighted by Gasteiger charge is -2.12. The number of aromatic nitrogens is 3. The molecule has 2 aromatic carbocycles. The minimum Gasteiger partial charge on any atom is -0.490 e. The van der Waals surface area contributed by atoms with Crippen molar-refractivity contribution in [2.24, 2.45) is 5.10 Å². The highest BCUT2D eigenvalue weighted by molar-refractivity contribution is 7.87. The standard InChI is InChI=1S/C17H16N4O4S/c1-2-24-17-10-14(11-20-21-12-18-19-13-21)8-9-16(17)25-26(22,23)15-6-4-3-5-7-15/h3-13H,2H2,1H3. The van der Waals surface area contributed by atoms with Crippen molar-refractivity contribution < 1.29 is 17.3 Å². The third kappa shape index (κ3) is 4.25. The topological polar surface area (TPSA) is 95.7 Å². The van der Waals surface area contributed by atoms with E-state index in [9.17, 15) is 8.42 Å². The SMILES string of the molecule is CCOc1cc(C=Nn2cnnc2)ccc1OS(=O)(=O)c1ccccc1. The van der Waals surface area contributed by atoms with Crippen molar-refractivity contribution in [3.63, 3.8) is 0 Å². The van der Waals surface area contributed by atoms with E-state index < -0.39 is 10.1 Å². The fourth-order valence-corrected chi connectivity index (χ4v) is 3.04. The third-order valence-corrected chi connectivity index (χ3v) is 4.49. The highest BCUT2D eigenvalue weighted by Crippen LogP contribution is 2.30. The number of benzene rings is 2. The number of nitrogens with zero attached hydrogens (tertiary/aromatic N) is 4. The Hall–Kier alpha value is -3.20. The van der Waals surface area contributed by atoms with Crippen molar-refractivity contribution in [1.82, 2.24) is 14.9 Å². The summed E-state index contributed by atoms with van der Waals surface area (Å²) in [5, 5.41) is 11.4. The Morgan fingerprint density at radius 2 is 1.81 bits per heavy atom. The van der Waals surface area contributed by atoms with E-state index in [-0.39, 0.29) is 10.6 Å². The van der Waals surface area contributed by atoms with Crippen LogP contribution in [-0.2, 0) is 10.1 Å². The van der Waals surface area contributed by atoms with Crippen LogP contribution in [0.15, 0.2) is 71.2 Å². The lowest BCUT2D eigenvalue weighted by atomic mass is 10.2. The van der Waals surface area contributed by atoms with Gasteiger partial charge in [0.2, 0.25) is 0 Å². The molecule has 0 N–H and O–H groups in total. The Labute approximate surface area is 150 Å².